The molecule has 1 saturated heterocycles. The van der Waals surface area contributed by atoms with Crippen LogP contribution < -0.4 is 5.32 Å². The lowest BCUT2D eigenvalue weighted by Crippen LogP contribution is -2.42. The summed E-state index contributed by atoms with van der Waals surface area (Å²) in [4.78, 5) is 11.4. The molecule has 8 heteroatoms. The highest BCUT2D eigenvalue weighted by molar-refractivity contribution is 6.60. The first-order chi connectivity index (χ1) is 9.60. The van der Waals surface area contributed by atoms with Gasteiger partial charge in [0, 0.05) is 46.9 Å². The molecule has 1 fully saturated rings. The molecule has 0 radical (unpaired) electrons. The van der Waals surface area contributed by atoms with E-state index in [2.05, 4.69) is 5.32 Å². The van der Waals surface area contributed by atoms with Crippen LogP contribution in [0.4, 0.5) is 0 Å². The van der Waals surface area contributed by atoms with E-state index < -0.39 is 8.80 Å². The Labute approximate surface area is 121 Å². The first-order valence-corrected chi connectivity index (χ1v) is 8.62. The zero-order chi connectivity index (χ0) is 15.0. The molecule has 20 heavy (non-hydrogen) atoms. The third-order valence-electron chi connectivity index (χ3n) is 3.49. The van der Waals surface area contributed by atoms with Gasteiger partial charge in [-0.25, -0.2) is 0 Å². The molecule has 1 unspecified atom stereocenters. The van der Waals surface area contributed by atoms with Gasteiger partial charge in [0.15, 0.2) is 0 Å². The molecule has 0 aromatic carbocycles. The Morgan fingerprint density at radius 1 is 1.20 bits per heavy atom. The van der Waals surface area contributed by atoms with E-state index in [1.54, 1.807) is 21.3 Å². The van der Waals surface area contributed by atoms with Gasteiger partial charge in [-0.05, 0) is 6.42 Å². The van der Waals surface area contributed by atoms with Gasteiger partial charge in [0.1, 0.15) is 6.04 Å². The number of hydrogen-bond acceptors (Lipinski definition) is 7. The summed E-state index contributed by atoms with van der Waals surface area (Å²) in [5, 5.41) is 3.08. The Morgan fingerprint density at radius 3 is 2.40 bits per heavy atom. The summed E-state index contributed by atoms with van der Waals surface area (Å²) in [5.41, 5.74) is 0. The Bertz CT molecular complexity index is 291. The highest BCUT2D eigenvalue weighted by Gasteiger charge is 2.37. The van der Waals surface area contributed by atoms with E-state index in [-0.39, 0.29) is 18.1 Å². The van der Waals surface area contributed by atoms with Crippen molar-refractivity contribution in [3.05, 3.63) is 0 Å². The van der Waals surface area contributed by atoms with Crippen molar-refractivity contribution in [3.8, 4) is 0 Å². The number of methoxy groups -OCH3 is 1. The maximum absolute atomic E-state index is 11.4. The van der Waals surface area contributed by atoms with Crippen molar-refractivity contribution in [2.45, 2.75) is 31.0 Å². The third-order valence-corrected chi connectivity index (χ3v) is 6.32. The van der Waals surface area contributed by atoms with E-state index in [1.807, 2.05) is 0 Å². The molecule has 0 aromatic heterocycles. The average molecular weight is 307 g/mol. The first kappa shape index (κ1) is 17.5. The lowest BCUT2D eigenvalue weighted by molar-refractivity contribution is -0.142. The van der Waals surface area contributed by atoms with Crippen LogP contribution in [-0.4, -0.2) is 68.5 Å². The van der Waals surface area contributed by atoms with Gasteiger partial charge < -0.3 is 28.1 Å². The highest BCUT2D eigenvalue weighted by Crippen LogP contribution is 2.17. The van der Waals surface area contributed by atoms with Crippen LogP contribution in [0.15, 0.2) is 0 Å². The fraction of sp³-hybridized carbons (Fsp3) is 0.917. The lowest BCUT2D eigenvalue weighted by Gasteiger charge is -2.24. The van der Waals surface area contributed by atoms with Gasteiger partial charge in [-0.3, -0.25) is 4.79 Å². The SMILES string of the molecule is COC(=O)[C@@H]1CC(OCCC[Si](OC)(OC)OC)CN1. The molecule has 0 bridgehead atoms. The second-order valence-corrected chi connectivity index (χ2v) is 7.70. The predicted octanol–water partition coefficient (Wildman–Crippen LogP) is 0.175. The van der Waals surface area contributed by atoms with Crippen molar-refractivity contribution >= 4 is 14.8 Å². The van der Waals surface area contributed by atoms with Gasteiger partial charge in [0.2, 0.25) is 0 Å². The molecule has 1 N–H and O–H groups in total. The van der Waals surface area contributed by atoms with Gasteiger partial charge in [-0.1, -0.05) is 0 Å². The molecule has 1 rings (SSSR count). The molecule has 1 heterocycles. The summed E-state index contributed by atoms with van der Waals surface area (Å²) in [7, 11) is 3.69. The molecule has 0 aromatic rings. The Hall–Kier alpha value is -0.513. The summed E-state index contributed by atoms with van der Waals surface area (Å²) in [6, 6.07) is 0.451. The Balaban J connectivity index is 2.21. The summed E-state index contributed by atoms with van der Waals surface area (Å²) in [6.07, 6.45) is 1.48. The van der Waals surface area contributed by atoms with Crippen LogP contribution in [0.3, 0.4) is 0 Å². The van der Waals surface area contributed by atoms with Gasteiger partial charge in [-0.2, -0.15) is 0 Å². The minimum absolute atomic E-state index is 0.0443. The highest BCUT2D eigenvalue weighted by atomic mass is 28.4. The quantitative estimate of drug-likeness (QED) is 0.370. The average Bonchev–Trinajstić information content (AvgIpc) is 2.96. The second kappa shape index (κ2) is 8.70. The molecule has 118 valence electrons. The van der Waals surface area contributed by atoms with Gasteiger partial charge in [0.05, 0.1) is 13.2 Å². The molecule has 0 spiro atoms. The first-order valence-electron chi connectivity index (χ1n) is 6.69. The summed E-state index contributed by atoms with van der Waals surface area (Å²) >= 11 is 0. The van der Waals surface area contributed by atoms with Crippen molar-refractivity contribution in [1.29, 1.82) is 0 Å². The van der Waals surface area contributed by atoms with E-state index in [0.717, 1.165) is 6.42 Å². The fourth-order valence-electron chi connectivity index (χ4n) is 2.25. The normalized spacial score (nSPS) is 23.0. The number of ether oxygens (including phenoxy) is 2. The van der Waals surface area contributed by atoms with Crippen molar-refractivity contribution in [2.75, 3.05) is 41.6 Å². The zero-order valence-electron chi connectivity index (χ0n) is 12.6. The molecule has 1 aliphatic heterocycles. The van der Waals surface area contributed by atoms with E-state index in [0.29, 0.717) is 25.6 Å². The van der Waals surface area contributed by atoms with Crippen molar-refractivity contribution in [3.63, 3.8) is 0 Å². The number of carbonyl (C=O) groups excluding carboxylic acids is 1. The third kappa shape index (κ3) is 4.79. The van der Waals surface area contributed by atoms with Crippen LogP contribution in [0.2, 0.25) is 6.04 Å². The van der Waals surface area contributed by atoms with Crippen LogP contribution in [-0.2, 0) is 27.5 Å². The molecule has 7 nitrogen and oxygen atoms in total. The molecule has 0 saturated carbocycles. The standard InChI is InChI=1S/C12H25NO6Si/c1-15-12(14)11-8-10(9-13-11)19-6-5-7-20(16-2,17-3)18-4/h10-11,13H,5-9H2,1-4H3/t10?,11-/m0/s1. The van der Waals surface area contributed by atoms with Crippen LogP contribution in [0.25, 0.3) is 0 Å². The maximum atomic E-state index is 11.4. The van der Waals surface area contributed by atoms with Crippen LogP contribution in [0.5, 0.6) is 0 Å². The fourth-order valence-corrected chi connectivity index (χ4v) is 3.94. The minimum atomic E-state index is -2.50. The number of esters is 1. The second-order valence-electron chi connectivity index (χ2n) is 4.61. The molecular formula is C12H25NO6Si. The maximum Gasteiger partial charge on any atom is 0.500 e. The van der Waals surface area contributed by atoms with E-state index in [9.17, 15) is 4.79 Å². The van der Waals surface area contributed by atoms with Gasteiger partial charge in [-0.15, -0.1) is 0 Å². The minimum Gasteiger partial charge on any atom is -0.468 e. The van der Waals surface area contributed by atoms with Crippen molar-refractivity contribution in [2.24, 2.45) is 0 Å². The smallest absolute Gasteiger partial charge is 0.468 e. The molecule has 0 aliphatic carbocycles. The number of hydrogen-bond donors (Lipinski definition) is 1. The molecule has 2 atom stereocenters. The zero-order valence-corrected chi connectivity index (χ0v) is 13.6. The number of carbonyl (C=O) groups is 1. The topological polar surface area (TPSA) is 75.3 Å². The van der Waals surface area contributed by atoms with E-state index >= 15 is 0 Å². The molecular weight excluding hydrogens is 282 g/mol. The summed E-state index contributed by atoms with van der Waals surface area (Å²) in [5.74, 6) is -0.235. The van der Waals surface area contributed by atoms with Gasteiger partial charge in [0.25, 0.3) is 0 Å². The predicted molar refractivity (Wildman–Crippen MR) is 74.4 cm³/mol. The number of nitrogens with one attached hydrogen (secondary N) is 1. The number of rotatable bonds is 9. The van der Waals surface area contributed by atoms with Gasteiger partial charge >= 0.3 is 14.8 Å². The van der Waals surface area contributed by atoms with Crippen molar-refractivity contribution in [1.82, 2.24) is 5.32 Å². The summed E-state index contributed by atoms with van der Waals surface area (Å²) < 4.78 is 26.4. The van der Waals surface area contributed by atoms with E-state index in [1.165, 1.54) is 7.11 Å². The van der Waals surface area contributed by atoms with Crippen LogP contribution in [0.1, 0.15) is 12.8 Å². The lowest BCUT2D eigenvalue weighted by atomic mass is 10.2. The monoisotopic (exact) mass is 307 g/mol. The summed E-state index contributed by atoms with van der Waals surface area (Å²) in [6.45, 7) is 1.26. The molecule has 0 amide bonds. The van der Waals surface area contributed by atoms with Crippen LogP contribution >= 0.6 is 0 Å². The van der Waals surface area contributed by atoms with Crippen LogP contribution in [0, 0.1) is 0 Å². The molecule has 1 aliphatic rings. The Kier molecular flexibility index (Phi) is 7.63. The largest absolute Gasteiger partial charge is 0.500 e. The van der Waals surface area contributed by atoms with E-state index in [4.69, 9.17) is 22.8 Å². The Morgan fingerprint density at radius 2 is 1.85 bits per heavy atom. The van der Waals surface area contributed by atoms with Crippen molar-refractivity contribution < 1.29 is 27.5 Å².